The van der Waals surface area contributed by atoms with Crippen LogP contribution in [0.25, 0.3) is 0 Å². The fourth-order valence-electron chi connectivity index (χ4n) is 4.03. The van der Waals surface area contributed by atoms with Crippen LogP contribution >= 0.6 is 0 Å². The van der Waals surface area contributed by atoms with Gasteiger partial charge in [0.25, 0.3) is 0 Å². The molecule has 0 saturated heterocycles. The third-order valence-corrected chi connectivity index (χ3v) is 5.06. The van der Waals surface area contributed by atoms with Gasteiger partial charge in [-0.15, -0.1) is 0 Å². The molecule has 2 N–H and O–H groups in total. The van der Waals surface area contributed by atoms with Crippen molar-refractivity contribution in [1.82, 2.24) is 10.6 Å². The third-order valence-electron chi connectivity index (χ3n) is 5.06. The first-order valence-corrected chi connectivity index (χ1v) is 8.51. The predicted molar refractivity (Wildman–Crippen MR) is 89.7 cm³/mol. The summed E-state index contributed by atoms with van der Waals surface area (Å²) in [7, 11) is 0. The second kappa shape index (κ2) is 5.40. The maximum Gasteiger partial charge on any atom is 0.0213 e. The average molecular weight is 286 g/mol. The molecule has 0 amide bonds. The van der Waals surface area contributed by atoms with Gasteiger partial charge < -0.3 is 10.6 Å². The van der Waals surface area contributed by atoms with Crippen LogP contribution in [0.3, 0.4) is 0 Å². The fourth-order valence-corrected chi connectivity index (χ4v) is 4.03. The highest BCUT2D eigenvalue weighted by molar-refractivity contribution is 5.28. The highest BCUT2D eigenvalue weighted by Gasteiger charge is 2.48. The predicted octanol–water partition coefficient (Wildman–Crippen LogP) is 3.83. The zero-order chi connectivity index (χ0) is 15.1. The van der Waals surface area contributed by atoms with Crippen LogP contribution in [-0.2, 0) is 0 Å². The molecular weight excluding hydrogens is 256 g/mol. The Morgan fingerprint density at radius 3 is 2.38 bits per heavy atom. The second-order valence-electron chi connectivity index (χ2n) is 8.14. The third kappa shape index (κ3) is 3.49. The molecule has 0 heterocycles. The van der Waals surface area contributed by atoms with Gasteiger partial charge in [-0.1, -0.05) is 37.3 Å². The lowest BCUT2D eigenvalue weighted by Crippen LogP contribution is -2.65. The van der Waals surface area contributed by atoms with Crippen molar-refractivity contribution < 1.29 is 0 Å². The minimum atomic E-state index is 0.215. The van der Waals surface area contributed by atoms with Crippen LogP contribution in [0.1, 0.15) is 64.9 Å². The first kappa shape index (κ1) is 15.1. The van der Waals surface area contributed by atoms with Crippen molar-refractivity contribution in [2.24, 2.45) is 0 Å². The molecule has 0 aliphatic heterocycles. The second-order valence-corrected chi connectivity index (χ2v) is 8.14. The summed E-state index contributed by atoms with van der Waals surface area (Å²) in [5, 5.41) is 7.72. The Hall–Kier alpha value is -0.860. The molecule has 2 atom stereocenters. The van der Waals surface area contributed by atoms with E-state index >= 15 is 0 Å². The average Bonchev–Trinajstić information content (AvgIpc) is 3.15. The summed E-state index contributed by atoms with van der Waals surface area (Å²) >= 11 is 0. The number of nitrogens with one attached hydrogen (secondary N) is 2. The zero-order valence-corrected chi connectivity index (χ0v) is 13.9. The Kier molecular flexibility index (Phi) is 3.87. The number of rotatable bonds is 5. The molecule has 1 aromatic rings. The van der Waals surface area contributed by atoms with E-state index in [2.05, 4.69) is 68.7 Å². The van der Waals surface area contributed by atoms with Gasteiger partial charge in [0.1, 0.15) is 0 Å². The SMILES string of the molecule is CC[C@]1(NC(C)(C)C)C[C@@H](N[C@@H]2C[C@H]2c2ccccc2)C1. The molecule has 0 radical (unpaired) electrons. The lowest BCUT2D eigenvalue weighted by molar-refractivity contribution is 0.0918. The maximum atomic E-state index is 3.87. The first-order valence-electron chi connectivity index (χ1n) is 8.51. The summed E-state index contributed by atoms with van der Waals surface area (Å²) < 4.78 is 0. The topological polar surface area (TPSA) is 24.1 Å². The van der Waals surface area contributed by atoms with Gasteiger partial charge in [-0.05, 0) is 52.0 Å². The molecule has 2 nitrogen and oxygen atoms in total. The quantitative estimate of drug-likeness (QED) is 0.859. The van der Waals surface area contributed by atoms with Crippen molar-refractivity contribution in [2.75, 3.05) is 0 Å². The van der Waals surface area contributed by atoms with Crippen molar-refractivity contribution in [3.8, 4) is 0 Å². The zero-order valence-electron chi connectivity index (χ0n) is 13.9. The summed E-state index contributed by atoms with van der Waals surface area (Å²) in [5.74, 6) is 0.749. The molecule has 2 heteroatoms. The summed E-state index contributed by atoms with van der Waals surface area (Å²) in [5.41, 5.74) is 2.09. The van der Waals surface area contributed by atoms with E-state index in [0.29, 0.717) is 17.6 Å². The van der Waals surface area contributed by atoms with Crippen LogP contribution in [0, 0.1) is 0 Å². The van der Waals surface area contributed by atoms with E-state index in [1.165, 1.54) is 31.2 Å². The van der Waals surface area contributed by atoms with E-state index in [-0.39, 0.29) is 5.54 Å². The number of hydrogen-bond acceptors (Lipinski definition) is 2. The lowest BCUT2D eigenvalue weighted by Gasteiger charge is -2.52. The van der Waals surface area contributed by atoms with Gasteiger partial charge in [-0.2, -0.15) is 0 Å². The minimum Gasteiger partial charge on any atom is -0.310 e. The largest absolute Gasteiger partial charge is 0.310 e. The van der Waals surface area contributed by atoms with Gasteiger partial charge in [0.2, 0.25) is 0 Å². The molecular formula is C19H30N2. The van der Waals surface area contributed by atoms with Crippen LogP contribution in [0.2, 0.25) is 0 Å². The highest BCUT2D eigenvalue weighted by atomic mass is 15.1. The minimum absolute atomic E-state index is 0.215. The Bertz CT molecular complexity index is 468. The maximum absolute atomic E-state index is 3.87. The van der Waals surface area contributed by atoms with E-state index in [1.54, 1.807) is 0 Å². The van der Waals surface area contributed by atoms with Crippen LogP contribution in [0.5, 0.6) is 0 Å². The van der Waals surface area contributed by atoms with Crippen molar-refractivity contribution in [2.45, 2.75) is 82.5 Å². The lowest BCUT2D eigenvalue weighted by atomic mass is 9.69. The van der Waals surface area contributed by atoms with Crippen LogP contribution < -0.4 is 10.6 Å². The van der Waals surface area contributed by atoms with E-state index in [4.69, 9.17) is 0 Å². The molecule has 2 aliphatic rings. The van der Waals surface area contributed by atoms with E-state index < -0.39 is 0 Å². The van der Waals surface area contributed by atoms with Gasteiger partial charge >= 0.3 is 0 Å². The van der Waals surface area contributed by atoms with Gasteiger partial charge in [0, 0.05) is 29.1 Å². The summed E-state index contributed by atoms with van der Waals surface area (Å²) in [6.45, 7) is 9.14. The van der Waals surface area contributed by atoms with Crippen LogP contribution in [0.4, 0.5) is 0 Å². The molecule has 116 valence electrons. The van der Waals surface area contributed by atoms with Gasteiger partial charge in [0.15, 0.2) is 0 Å². The summed E-state index contributed by atoms with van der Waals surface area (Å²) in [6.07, 6.45) is 5.10. The monoisotopic (exact) mass is 286 g/mol. The van der Waals surface area contributed by atoms with Crippen LogP contribution in [0.15, 0.2) is 30.3 Å². The van der Waals surface area contributed by atoms with Gasteiger partial charge in [-0.3, -0.25) is 0 Å². The van der Waals surface area contributed by atoms with Crippen molar-refractivity contribution in [3.63, 3.8) is 0 Å². The first-order chi connectivity index (χ1) is 9.91. The molecule has 2 aliphatic carbocycles. The Morgan fingerprint density at radius 2 is 1.81 bits per heavy atom. The normalized spacial score (nSPS) is 35.3. The molecule has 0 bridgehead atoms. The standard InChI is InChI=1S/C19H30N2/c1-5-19(21-18(2,3)4)12-15(13-19)20-17-11-16(17)14-9-7-6-8-10-14/h6-10,15-17,20-21H,5,11-13H2,1-4H3/t15-,16-,17+,19+/m0/s1. The van der Waals surface area contributed by atoms with Crippen LogP contribution in [-0.4, -0.2) is 23.2 Å². The summed E-state index contributed by atoms with van der Waals surface area (Å²) in [6, 6.07) is 12.4. The molecule has 0 spiro atoms. The molecule has 2 saturated carbocycles. The van der Waals surface area contributed by atoms with E-state index in [0.717, 1.165) is 5.92 Å². The molecule has 21 heavy (non-hydrogen) atoms. The molecule has 0 aromatic heterocycles. The molecule has 2 fully saturated rings. The van der Waals surface area contributed by atoms with Crippen molar-refractivity contribution >= 4 is 0 Å². The molecule has 3 rings (SSSR count). The van der Waals surface area contributed by atoms with Gasteiger partial charge in [0.05, 0.1) is 0 Å². The Morgan fingerprint density at radius 1 is 1.14 bits per heavy atom. The molecule has 0 unspecified atom stereocenters. The van der Waals surface area contributed by atoms with Crippen molar-refractivity contribution in [3.05, 3.63) is 35.9 Å². The highest BCUT2D eigenvalue weighted by Crippen LogP contribution is 2.44. The van der Waals surface area contributed by atoms with Crippen molar-refractivity contribution in [1.29, 1.82) is 0 Å². The number of benzene rings is 1. The number of hydrogen-bond donors (Lipinski definition) is 2. The van der Waals surface area contributed by atoms with E-state index in [9.17, 15) is 0 Å². The fraction of sp³-hybridized carbons (Fsp3) is 0.684. The Balaban J connectivity index is 1.48. The smallest absolute Gasteiger partial charge is 0.0213 e. The molecule has 1 aromatic carbocycles. The summed E-state index contributed by atoms with van der Waals surface area (Å²) in [4.78, 5) is 0. The van der Waals surface area contributed by atoms with E-state index in [1.807, 2.05) is 0 Å². The van der Waals surface area contributed by atoms with Gasteiger partial charge in [-0.25, -0.2) is 0 Å². The Labute approximate surface area is 129 Å².